The molecular formula is C28H45NO6. The van der Waals surface area contributed by atoms with Crippen molar-refractivity contribution >= 4 is 5.97 Å². The highest BCUT2D eigenvalue weighted by Gasteiger charge is 2.40. The second-order valence-electron chi connectivity index (χ2n) is 8.61. The van der Waals surface area contributed by atoms with Gasteiger partial charge in [0.1, 0.15) is 18.8 Å². The van der Waals surface area contributed by atoms with Crippen molar-refractivity contribution in [1.82, 2.24) is 4.90 Å². The molecule has 1 aliphatic rings. The molecule has 1 fully saturated rings. The Morgan fingerprint density at radius 3 is 1.94 bits per heavy atom. The summed E-state index contributed by atoms with van der Waals surface area (Å²) in [6, 6.07) is -0.692. The van der Waals surface area contributed by atoms with E-state index in [0.717, 1.165) is 38.5 Å². The number of allylic oxidation sites excluding steroid dienone is 10. The number of nitrogens with zero attached hydrogens (tertiary/aromatic N) is 1. The van der Waals surface area contributed by atoms with Crippen LogP contribution in [0.2, 0.25) is 0 Å². The number of hydrogen-bond donors (Lipinski definition) is 4. The Bertz CT molecular complexity index is 700. The molecule has 0 amide bonds. The number of aliphatic hydroxyl groups is 4. The second-order valence-corrected chi connectivity index (χ2v) is 8.61. The van der Waals surface area contributed by atoms with E-state index >= 15 is 0 Å². The number of rotatable bonds is 17. The summed E-state index contributed by atoms with van der Waals surface area (Å²) in [5.74, 6) is -0.295. The fraction of sp³-hybridized carbons (Fsp3) is 0.607. The molecule has 0 bridgehead atoms. The highest BCUT2D eigenvalue weighted by Crippen LogP contribution is 2.18. The van der Waals surface area contributed by atoms with Crippen LogP contribution in [-0.4, -0.2) is 82.0 Å². The summed E-state index contributed by atoms with van der Waals surface area (Å²) in [5, 5.41) is 38.9. The summed E-state index contributed by atoms with van der Waals surface area (Å²) >= 11 is 0. The van der Waals surface area contributed by atoms with Gasteiger partial charge in [-0.1, -0.05) is 67.7 Å². The summed E-state index contributed by atoms with van der Waals surface area (Å²) in [6.07, 6.45) is 24.6. The number of carbonyl (C=O) groups excluding carboxylic acids is 1. The standard InChI is InChI=1S/C28H45NO6/c1-2-3-4-5-6-7-8-9-10-11-12-13-14-15-16-17-18-19-26(32)35-21-20-29-22-25(31)28(34)27(33)24(29)23-30/h3-4,6-7,9-10,12-13,15-16,24-25,27-28,30-31,33-34H,2,5,8,11,14,17-23H2,1H3/b4-3-,7-6-,10-9-,13-12-,16-15-/t24-,25+,27-,28-/m1/s1. The van der Waals surface area contributed by atoms with Gasteiger partial charge in [0.15, 0.2) is 0 Å². The van der Waals surface area contributed by atoms with Gasteiger partial charge in [0.25, 0.3) is 0 Å². The minimum absolute atomic E-state index is 0.102. The first-order valence-corrected chi connectivity index (χ1v) is 12.8. The maximum atomic E-state index is 11.9. The minimum atomic E-state index is -1.29. The van der Waals surface area contributed by atoms with Crippen molar-refractivity contribution in [2.45, 2.75) is 82.6 Å². The molecule has 0 saturated carbocycles. The van der Waals surface area contributed by atoms with E-state index in [2.05, 4.69) is 67.7 Å². The molecule has 1 heterocycles. The third kappa shape index (κ3) is 14.2. The fourth-order valence-electron chi connectivity index (χ4n) is 3.72. The molecule has 35 heavy (non-hydrogen) atoms. The third-order valence-electron chi connectivity index (χ3n) is 5.77. The molecule has 1 saturated heterocycles. The average Bonchev–Trinajstić information content (AvgIpc) is 2.84. The van der Waals surface area contributed by atoms with Gasteiger partial charge in [0.05, 0.1) is 18.8 Å². The first-order chi connectivity index (χ1) is 17.0. The molecule has 7 heteroatoms. The van der Waals surface area contributed by atoms with Crippen LogP contribution in [0.15, 0.2) is 60.8 Å². The smallest absolute Gasteiger partial charge is 0.305 e. The first-order valence-electron chi connectivity index (χ1n) is 12.8. The molecule has 0 spiro atoms. The maximum absolute atomic E-state index is 11.9. The molecule has 0 aromatic rings. The lowest BCUT2D eigenvalue weighted by Gasteiger charge is -2.42. The van der Waals surface area contributed by atoms with Crippen molar-refractivity contribution in [2.75, 3.05) is 26.3 Å². The van der Waals surface area contributed by atoms with Gasteiger partial charge in [-0.25, -0.2) is 0 Å². The summed E-state index contributed by atoms with van der Waals surface area (Å²) in [4.78, 5) is 13.5. The molecule has 0 unspecified atom stereocenters. The van der Waals surface area contributed by atoms with Crippen LogP contribution in [0.5, 0.6) is 0 Å². The van der Waals surface area contributed by atoms with Crippen molar-refractivity contribution in [2.24, 2.45) is 0 Å². The van der Waals surface area contributed by atoms with Crippen molar-refractivity contribution in [1.29, 1.82) is 0 Å². The lowest BCUT2D eigenvalue weighted by molar-refractivity contribution is -0.154. The number of β-amino-alcohol motifs (C(OH)–C–C–N with tert-alkyl or cyclic N) is 1. The maximum Gasteiger partial charge on any atom is 0.305 e. The van der Waals surface area contributed by atoms with Gasteiger partial charge in [0, 0.05) is 19.5 Å². The number of piperidine rings is 1. The molecule has 0 radical (unpaired) electrons. The van der Waals surface area contributed by atoms with Crippen LogP contribution >= 0.6 is 0 Å². The highest BCUT2D eigenvalue weighted by atomic mass is 16.5. The van der Waals surface area contributed by atoms with E-state index in [1.165, 1.54) is 0 Å². The highest BCUT2D eigenvalue weighted by molar-refractivity contribution is 5.69. The predicted octanol–water partition coefficient (Wildman–Crippen LogP) is 3.21. The quantitative estimate of drug-likeness (QED) is 0.140. The van der Waals surface area contributed by atoms with Crippen LogP contribution in [0.1, 0.15) is 58.3 Å². The van der Waals surface area contributed by atoms with E-state index in [1.807, 2.05) is 0 Å². The predicted molar refractivity (Wildman–Crippen MR) is 140 cm³/mol. The van der Waals surface area contributed by atoms with E-state index < -0.39 is 24.4 Å². The molecule has 4 N–H and O–H groups in total. The average molecular weight is 492 g/mol. The van der Waals surface area contributed by atoms with Crippen LogP contribution < -0.4 is 0 Å². The zero-order valence-corrected chi connectivity index (χ0v) is 21.1. The molecule has 1 rings (SSSR count). The fourth-order valence-corrected chi connectivity index (χ4v) is 3.72. The number of unbranched alkanes of at least 4 members (excludes halogenated alkanes) is 1. The summed E-state index contributed by atoms with van der Waals surface area (Å²) in [5.41, 5.74) is 0. The molecule has 0 aromatic carbocycles. The molecule has 198 valence electrons. The first kappa shape index (κ1) is 31.0. The van der Waals surface area contributed by atoms with E-state index in [1.54, 1.807) is 4.90 Å². The van der Waals surface area contributed by atoms with Gasteiger partial charge >= 0.3 is 5.97 Å². The number of carbonyl (C=O) groups is 1. The van der Waals surface area contributed by atoms with E-state index in [4.69, 9.17) is 4.74 Å². The Labute approximate surface area is 210 Å². The molecule has 7 nitrogen and oxygen atoms in total. The number of esters is 1. The Kier molecular flexibility index (Phi) is 17.9. The molecule has 4 atom stereocenters. The molecular weight excluding hydrogens is 446 g/mol. The minimum Gasteiger partial charge on any atom is -0.464 e. The summed E-state index contributed by atoms with van der Waals surface area (Å²) < 4.78 is 5.23. The van der Waals surface area contributed by atoms with Gasteiger partial charge in [-0.2, -0.15) is 0 Å². The Morgan fingerprint density at radius 2 is 1.40 bits per heavy atom. The zero-order valence-electron chi connectivity index (χ0n) is 21.1. The Morgan fingerprint density at radius 1 is 0.857 bits per heavy atom. The van der Waals surface area contributed by atoms with E-state index in [9.17, 15) is 25.2 Å². The third-order valence-corrected chi connectivity index (χ3v) is 5.77. The van der Waals surface area contributed by atoms with Crippen molar-refractivity contribution in [3.05, 3.63) is 60.8 Å². The monoisotopic (exact) mass is 491 g/mol. The lowest BCUT2D eigenvalue weighted by Crippen LogP contribution is -2.62. The molecule has 0 aromatic heterocycles. The largest absolute Gasteiger partial charge is 0.464 e. The van der Waals surface area contributed by atoms with Crippen molar-refractivity contribution < 1.29 is 30.0 Å². The molecule has 1 aliphatic heterocycles. The summed E-state index contributed by atoms with van der Waals surface area (Å²) in [6.45, 7) is 2.26. The zero-order chi connectivity index (χ0) is 25.7. The normalized spacial score (nSPS) is 24.1. The summed E-state index contributed by atoms with van der Waals surface area (Å²) in [7, 11) is 0. The van der Waals surface area contributed by atoms with Crippen LogP contribution in [0.3, 0.4) is 0 Å². The van der Waals surface area contributed by atoms with Gasteiger partial charge in [-0.3, -0.25) is 9.69 Å². The number of hydrogen-bond acceptors (Lipinski definition) is 7. The number of ether oxygens (including phenoxy) is 1. The Hall–Kier alpha value is -2.03. The Balaban J connectivity index is 2.05. The second kappa shape index (κ2) is 20.2. The number of aliphatic hydroxyl groups excluding tert-OH is 4. The van der Waals surface area contributed by atoms with Crippen LogP contribution in [0, 0.1) is 0 Å². The number of likely N-dealkylation sites (tertiary alicyclic amines) is 1. The van der Waals surface area contributed by atoms with E-state index in [-0.39, 0.29) is 32.3 Å². The van der Waals surface area contributed by atoms with Gasteiger partial charge in [-0.15, -0.1) is 0 Å². The lowest BCUT2D eigenvalue weighted by atomic mass is 9.94. The van der Waals surface area contributed by atoms with Gasteiger partial charge < -0.3 is 25.2 Å². The topological polar surface area (TPSA) is 110 Å². The van der Waals surface area contributed by atoms with Gasteiger partial charge in [-0.05, 0) is 44.9 Å². The van der Waals surface area contributed by atoms with Crippen molar-refractivity contribution in [3.8, 4) is 0 Å². The molecule has 0 aliphatic carbocycles. The van der Waals surface area contributed by atoms with Crippen LogP contribution in [0.25, 0.3) is 0 Å². The van der Waals surface area contributed by atoms with Crippen LogP contribution in [0.4, 0.5) is 0 Å². The SMILES string of the molecule is CC/C=C\C/C=C\C/C=C\C/C=C\C/C=C\CCCC(=O)OCCN1C[C@H](O)[C@@H](O)[C@H](O)[C@H]1CO. The van der Waals surface area contributed by atoms with Crippen LogP contribution in [-0.2, 0) is 9.53 Å². The van der Waals surface area contributed by atoms with Crippen molar-refractivity contribution in [3.63, 3.8) is 0 Å². The van der Waals surface area contributed by atoms with Gasteiger partial charge in [0.2, 0.25) is 0 Å². The van der Waals surface area contributed by atoms with E-state index in [0.29, 0.717) is 12.8 Å².